The number of imidazole rings is 1. The Hall–Kier alpha value is -1.20. The summed E-state index contributed by atoms with van der Waals surface area (Å²) in [6.45, 7) is 4.19. The van der Waals surface area contributed by atoms with Gasteiger partial charge in [-0.1, -0.05) is 6.92 Å². The summed E-state index contributed by atoms with van der Waals surface area (Å²) >= 11 is 1.82. The monoisotopic (exact) mass is 264 g/mol. The summed E-state index contributed by atoms with van der Waals surface area (Å²) in [5, 5.41) is 1.22. The summed E-state index contributed by atoms with van der Waals surface area (Å²) in [4.78, 5) is 15.5. The van der Waals surface area contributed by atoms with Gasteiger partial charge in [-0.3, -0.25) is 4.90 Å². The first-order valence-corrected chi connectivity index (χ1v) is 7.20. The highest BCUT2D eigenvalue weighted by atomic mass is 32.1. The largest absolute Gasteiger partial charge is 0.349 e. The van der Waals surface area contributed by atoms with Crippen LogP contribution in [0.3, 0.4) is 0 Å². The Morgan fingerprint density at radius 2 is 2.28 bits per heavy atom. The average molecular weight is 264 g/mol. The molecular weight excluding hydrogens is 244 g/mol. The number of hydrogen-bond donors (Lipinski definition) is 1. The summed E-state index contributed by atoms with van der Waals surface area (Å²) in [7, 11) is 2.15. The van der Waals surface area contributed by atoms with Gasteiger partial charge in [-0.05, 0) is 26.4 Å². The van der Waals surface area contributed by atoms with Crippen molar-refractivity contribution >= 4 is 11.3 Å². The summed E-state index contributed by atoms with van der Waals surface area (Å²) < 4.78 is 0. The Kier molecular flexibility index (Phi) is 4.90. The molecule has 0 aliphatic carbocycles. The molecule has 0 atom stereocenters. The van der Waals surface area contributed by atoms with Crippen molar-refractivity contribution < 1.29 is 0 Å². The van der Waals surface area contributed by atoms with Gasteiger partial charge in [-0.25, -0.2) is 9.97 Å². The van der Waals surface area contributed by atoms with Gasteiger partial charge in [-0.2, -0.15) is 0 Å². The van der Waals surface area contributed by atoms with Crippen molar-refractivity contribution in [1.82, 2.24) is 19.9 Å². The minimum Gasteiger partial charge on any atom is -0.349 e. The van der Waals surface area contributed by atoms with Crippen LogP contribution < -0.4 is 0 Å². The van der Waals surface area contributed by atoms with Crippen LogP contribution in [-0.4, -0.2) is 33.4 Å². The number of aryl methyl sites for hydroxylation is 2. The minimum absolute atomic E-state index is 0.947. The number of nitrogens with one attached hydrogen (secondary N) is 1. The Balaban J connectivity index is 1.70. The summed E-state index contributed by atoms with van der Waals surface area (Å²) in [6.07, 6.45) is 8.89. The first-order valence-electron chi connectivity index (χ1n) is 6.38. The first-order chi connectivity index (χ1) is 8.78. The van der Waals surface area contributed by atoms with Gasteiger partial charge >= 0.3 is 0 Å². The van der Waals surface area contributed by atoms with Crippen molar-refractivity contribution in [3.05, 3.63) is 34.3 Å². The molecule has 0 amide bonds. The van der Waals surface area contributed by atoms with Crippen molar-refractivity contribution in [2.75, 3.05) is 13.6 Å². The highest BCUT2D eigenvalue weighted by Gasteiger charge is 2.05. The molecule has 1 N–H and O–H groups in total. The van der Waals surface area contributed by atoms with E-state index in [0.717, 1.165) is 38.2 Å². The van der Waals surface area contributed by atoms with Crippen molar-refractivity contribution in [2.24, 2.45) is 0 Å². The summed E-state index contributed by atoms with van der Waals surface area (Å²) in [5.41, 5.74) is 0. The number of hydrogen-bond acceptors (Lipinski definition) is 4. The fraction of sp³-hybridized carbons (Fsp3) is 0.538. The number of aromatic nitrogens is 3. The molecule has 2 rings (SSSR count). The molecule has 4 nitrogen and oxygen atoms in total. The normalized spacial score (nSPS) is 11.3. The molecule has 0 spiro atoms. The molecule has 0 saturated carbocycles. The van der Waals surface area contributed by atoms with Crippen LogP contribution in [0.2, 0.25) is 0 Å². The molecule has 0 saturated heterocycles. The third kappa shape index (κ3) is 3.92. The van der Waals surface area contributed by atoms with E-state index >= 15 is 0 Å². The minimum atomic E-state index is 0.947. The second kappa shape index (κ2) is 6.66. The Morgan fingerprint density at radius 3 is 2.94 bits per heavy atom. The maximum absolute atomic E-state index is 4.44. The molecule has 0 bridgehead atoms. The fourth-order valence-corrected chi connectivity index (χ4v) is 2.79. The van der Waals surface area contributed by atoms with Crippen LogP contribution in [0.1, 0.15) is 29.1 Å². The molecule has 0 fully saturated rings. The van der Waals surface area contributed by atoms with Gasteiger partial charge in [0.25, 0.3) is 0 Å². The third-order valence-corrected chi connectivity index (χ3v) is 3.99. The first kappa shape index (κ1) is 13.2. The van der Waals surface area contributed by atoms with E-state index in [1.165, 1.54) is 9.88 Å². The zero-order valence-electron chi connectivity index (χ0n) is 11.0. The van der Waals surface area contributed by atoms with Crippen LogP contribution in [0.25, 0.3) is 0 Å². The number of aromatic amines is 1. The quantitative estimate of drug-likeness (QED) is 0.835. The van der Waals surface area contributed by atoms with Crippen LogP contribution in [0.15, 0.2) is 18.6 Å². The van der Waals surface area contributed by atoms with E-state index in [9.17, 15) is 0 Å². The standard InChI is InChI=1S/C13H20N4S/c1-3-11-9-16-13(18-11)10-17(2)8-4-5-12-14-6-7-15-12/h6-7,9H,3-5,8,10H2,1-2H3,(H,14,15). The van der Waals surface area contributed by atoms with Crippen LogP contribution >= 0.6 is 11.3 Å². The summed E-state index contributed by atoms with van der Waals surface area (Å²) in [5.74, 6) is 1.07. The third-order valence-electron chi connectivity index (χ3n) is 2.86. The molecule has 0 aromatic carbocycles. The van der Waals surface area contributed by atoms with Crippen LogP contribution in [0.4, 0.5) is 0 Å². The molecule has 98 valence electrons. The molecule has 2 aromatic heterocycles. The molecule has 0 aliphatic rings. The number of nitrogens with zero attached hydrogens (tertiary/aromatic N) is 3. The molecular formula is C13H20N4S. The van der Waals surface area contributed by atoms with Gasteiger partial charge in [0, 0.05) is 29.9 Å². The maximum Gasteiger partial charge on any atom is 0.107 e. The molecule has 5 heteroatoms. The lowest BCUT2D eigenvalue weighted by Crippen LogP contribution is -2.19. The van der Waals surface area contributed by atoms with Crippen LogP contribution in [0.5, 0.6) is 0 Å². The van der Waals surface area contributed by atoms with E-state index in [0.29, 0.717) is 0 Å². The Bertz CT molecular complexity index is 449. The summed E-state index contributed by atoms with van der Waals surface area (Å²) in [6, 6.07) is 0. The fourth-order valence-electron chi connectivity index (χ4n) is 1.85. The zero-order chi connectivity index (χ0) is 12.8. The number of H-pyrrole nitrogens is 1. The number of rotatable bonds is 7. The van der Waals surface area contributed by atoms with E-state index < -0.39 is 0 Å². The predicted octanol–water partition coefficient (Wildman–Crippen LogP) is 2.49. The van der Waals surface area contributed by atoms with Gasteiger partial charge in [0.15, 0.2) is 0 Å². The lowest BCUT2D eigenvalue weighted by molar-refractivity contribution is 0.321. The SMILES string of the molecule is CCc1cnc(CN(C)CCCc2ncc[nH]2)s1. The van der Waals surface area contributed by atoms with Gasteiger partial charge in [0.1, 0.15) is 10.8 Å². The molecule has 18 heavy (non-hydrogen) atoms. The predicted molar refractivity (Wildman–Crippen MR) is 74.7 cm³/mol. The van der Waals surface area contributed by atoms with E-state index in [1.807, 2.05) is 23.7 Å². The molecule has 2 aromatic rings. The van der Waals surface area contributed by atoms with Crippen molar-refractivity contribution in [3.63, 3.8) is 0 Å². The smallest absolute Gasteiger partial charge is 0.107 e. The van der Waals surface area contributed by atoms with Gasteiger partial charge in [0.2, 0.25) is 0 Å². The van der Waals surface area contributed by atoms with E-state index in [1.54, 1.807) is 6.20 Å². The lowest BCUT2D eigenvalue weighted by Gasteiger charge is -2.14. The van der Waals surface area contributed by atoms with E-state index in [4.69, 9.17) is 0 Å². The second-order valence-corrected chi connectivity index (χ2v) is 5.65. The van der Waals surface area contributed by atoms with Gasteiger partial charge in [-0.15, -0.1) is 11.3 Å². The lowest BCUT2D eigenvalue weighted by atomic mass is 10.3. The molecule has 0 aliphatic heterocycles. The molecule has 2 heterocycles. The molecule has 0 radical (unpaired) electrons. The highest BCUT2D eigenvalue weighted by molar-refractivity contribution is 7.11. The molecule has 0 unspecified atom stereocenters. The Labute approximate surface area is 112 Å². The van der Waals surface area contributed by atoms with E-state index in [-0.39, 0.29) is 0 Å². The van der Waals surface area contributed by atoms with Crippen LogP contribution in [-0.2, 0) is 19.4 Å². The maximum atomic E-state index is 4.44. The van der Waals surface area contributed by atoms with Crippen LogP contribution in [0, 0.1) is 0 Å². The Morgan fingerprint density at radius 1 is 1.39 bits per heavy atom. The zero-order valence-corrected chi connectivity index (χ0v) is 11.8. The van der Waals surface area contributed by atoms with Gasteiger partial charge < -0.3 is 4.98 Å². The van der Waals surface area contributed by atoms with Gasteiger partial charge in [0.05, 0.1) is 6.54 Å². The second-order valence-electron chi connectivity index (χ2n) is 4.45. The average Bonchev–Trinajstić information content (AvgIpc) is 3.00. The number of thiazole rings is 1. The van der Waals surface area contributed by atoms with Crippen molar-refractivity contribution in [2.45, 2.75) is 32.7 Å². The highest BCUT2D eigenvalue weighted by Crippen LogP contribution is 2.14. The van der Waals surface area contributed by atoms with E-state index in [2.05, 4.69) is 33.8 Å². The topological polar surface area (TPSA) is 44.8 Å². The van der Waals surface area contributed by atoms with Crippen molar-refractivity contribution in [3.8, 4) is 0 Å². The van der Waals surface area contributed by atoms with Crippen molar-refractivity contribution in [1.29, 1.82) is 0 Å².